The molecule has 0 aliphatic carbocycles. The van der Waals surface area contributed by atoms with E-state index >= 15 is 0 Å². The van der Waals surface area contributed by atoms with Crippen LogP contribution in [0.15, 0.2) is 30.7 Å². The predicted octanol–water partition coefficient (Wildman–Crippen LogP) is 2.22. The Balaban J connectivity index is 2.53. The van der Waals surface area contributed by atoms with E-state index in [-0.39, 0.29) is 5.60 Å². The Hall–Kier alpha value is -1.35. The molecule has 2 rings (SSSR count). The lowest BCUT2D eigenvalue weighted by Gasteiger charge is -2.23. The van der Waals surface area contributed by atoms with Crippen LogP contribution in [-0.2, 0) is 10.3 Å². The zero-order chi connectivity index (χ0) is 10.2. The molecule has 0 amide bonds. The van der Waals surface area contributed by atoms with E-state index in [0.717, 1.165) is 11.2 Å². The molecule has 3 nitrogen and oxygen atoms in total. The minimum absolute atomic E-state index is 0.256. The smallest absolute Gasteiger partial charge is 0.137 e. The molecular weight excluding hydrogens is 176 g/mol. The number of methoxy groups -OCH3 is 1. The highest BCUT2D eigenvalue weighted by molar-refractivity contribution is 5.42. The molecule has 2 aromatic heterocycles. The molecule has 14 heavy (non-hydrogen) atoms. The molecule has 0 unspecified atom stereocenters. The van der Waals surface area contributed by atoms with Crippen LogP contribution < -0.4 is 0 Å². The zero-order valence-corrected chi connectivity index (χ0v) is 8.69. The van der Waals surface area contributed by atoms with E-state index in [9.17, 15) is 0 Å². The molecule has 0 aliphatic rings. The van der Waals surface area contributed by atoms with Crippen LogP contribution >= 0.6 is 0 Å². The quantitative estimate of drug-likeness (QED) is 0.725. The molecular formula is C11H14N2O. The van der Waals surface area contributed by atoms with Crippen molar-refractivity contribution < 1.29 is 4.74 Å². The van der Waals surface area contributed by atoms with E-state index in [2.05, 4.69) is 11.1 Å². The summed E-state index contributed by atoms with van der Waals surface area (Å²) in [4.78, 5) is 4.23. The lowest BCUT2D eigenvalue weighted by Crippen LogP contribution is -2.19. The molecule has 0 fully saturated rings. The fourth-order valence-corrected chi connectivity index (χ4v) is 1.40. The number of imidazole rings is 1. The van der Waals surface area contributed by atoms with Gasteiger partial charge in [0.05, 0.1) is 5.60 Å². The summed E-state index contributed by atoms with van der Waals surface area (Å²) < 4.78 is 7.39. The van der Waals surface area contributed by atoms with Gasteiger partial charge in [0.2, 0.25) is 0 Å². The monoisotopic (exact) mass is 190 g/mol. The first kappa shape index (κ1) is 9.21. The van der Waals surface area contributed by atoms with Gasteiger partial charge in [0, 0.05) is 25.7 Å². The maximum absolute atomic E-state index is 5.41. The maximum Gasteiger partial charge on any atom is 0.137 e. The Bertz CT molecular complexity index is 445. The largest absolute Gasteiger partial charge is 0.374 e. The zero-order valence-electron chi connectivity index (χ0n) is 8.69. The SMILES string of the molecule is COC(C)(C)c1ccn2ccnc2c1. The van der Waals surface area contributed by atoms with Gasteiger partial charge < -0.3 is 9.14 Å². The number of pyridine rings is 1. The van der Waals surface area contributed by atoms with Crippen LogP contribution in [0.2, 0.25) is 0 Å². The molecule has 0 N–H and O–H groups in total. The molecule has 3 heteroatoms. The van der Waals surface area contributed by atoms with Gasteiger partial charge in [0.25, 0.3) is 0 Å². The Morgan fingerprint density at radius 3 is 2.86 bits per heavy atom. The average Bonchev–Trinajstić information content (AvgIpc) is 2.64. The van der Waals surface area contributed by atoms with Gasteiger partial charge in [-0.05, 0) is 31.5 Å². The summed E-state index contributed by atoms with van der Waals surface area (Å²) in [7, 11) is 1.72. The number of ether oxygens (including phenoxy) is 1. The highest BCUT2D eigenvalue weighted by atomic mass is 16.5. The molecule has 0 bridgehead atoms. The van der Waals surface area contributed by atoms with Crippen molar-refractivity contribution in [3.63, 3.8) is 0 Å². The summed E-state index contributed by atoms with van der Waals surface area (Å²) >= 11 is 0. The van der Waals surface area contributed by atoms with Gasteiger partial charge in [-0.15, -0.1) is 0 Å². The van der Waals surface area contributed by atoms with Crippen molar-refractivity contribution in [2.75, 3.05) is 7.11 Å². The van der Waals surface area contributed by atoms with Crippen molar-refractivity contribution in [3.8, 4) is 0 Å². The number of hydrogen-bond acceptors (Lipinski definition) is 2. The molecule has 0 saturated carbocycles. The summed E-state index contributed by atoms with van der Waals surface area (Å²) in [6, 6.07) is 4.10. The molecule has 0 saturated heterocycles. The highest BCUT2D eigenvalue weighted by Crippen LogP contribution is 2.24. The van der Waals surface area contributed by atoms with Gasteiger partial charge in [-0.1, -0.05) is 0 Å². The van der Waals surface area contributed by atoms with Gasteiger partial charge >= 0.3 is 0 Å². The lowest BCUT2D eigenvalue weighted by atomic mass is 9.99. The van der Waals surface area contributed by atoms with Crippen LogP contribution in [0, 0.1) is 0 Å². The van der Waals surface area contributed by atoms with Crippen LogP contribution in [-0.4, -0.2) is 16.5 Å². The van der Waals surface area contributed by atoms with Crippen molar-refractivity contribution in [1.82, 2.24) is 9.38 Å². The van der Waals surface area contributed by atoms with Crippen molar-refractivity contribution in [2.45, 2.75) is 19.4 Å². The molecule has 0 radical (unpaired) electrons. The first-order valence-corrected chi connectivity index (χ1v) is 4.62. The second kappa shape index (κ2) is 3.10. The van der Waals surface area contributed by atoms with Crippen LogP contribution in [0.4, 0.5) is 0 Å². The highest BCUT2D eigenvalue weighted by Gasteiger charge is 2.19. The summed E-state index contributed by atoms with van der Waals surface area (Å²) in [6.07, 6.45) is 5.72. The number of nitrogens with zero attached hydrogens (tertiary/aromatic N) is 2. The summed E-state index contributed by atoms with van der Waals surface area (Å²) in [5.41, 5.74) is 1.83. The van der Waals surface area contributed by atoms with Crippen molar-refractivity contribution in [1.29, 1.82) is 0 Å². The third-order valence-corrected chi connectivity index (χ3v) is 2.60. The molecule has 0 atom stereocenters. The summed E-state index contributed by atoms with van der Waals surface area (Å²) in [5, 5.41) is 0. The second-order valence-corrected chi connectivity index (χ2v) is 3.82. The maximum atomic E-state index is 5.41. The number of fused-ring (bicyclic) bond motifs is 1. The summed E-state index contributed by atoms with van der Waals surface area (Å²) in [6.45, 7) is 4.09. The predicted molar refractivity (Wildman–Crippen MR) is 55.2 cm³/mol. The topological polar surface area (TPSA) is 26.5 Å². The van der Waals surface area contributed by atoms with Crippen molar-refractivity contribution >= 4 is 5.65 Å². The van der Waals surface area contributed by atoms with E-state index in [4.69, 9.17) is 4.74 Å². The van der Waals surface area contributed by atoms with Crippen LogP contribution in [0.3, 0.4) is 0 Å². The average molecular weight is 190 g/mol. The molecule has 0 spiro atoms. The van der Waals surface area contributed by atoms with E-state index < -0.39 is 0 Å². The minimum atomic E-state index is -0.256. The Labute approximate surface area is 83.3 Å². The Morgan fingerprint density at radius 2 is 2.14 bits per heavy atom. The minimum Gasteiger partial charge on any atom is -0.374 e. The molecule has 2 aromatic rings. The normalized spacial score (nSPS) is 12.2. The molecule has 0 aromatic carbocycles. The van der Waals surface area contributed by atoms with Crippen molar-refractivity contribution in [3.05, 3.63) is 36.3 Å². The second-order valence-electron chi connectivity index (χ2n) is 3.82. The van der Waals surface area contributed by atoms with Gasteiger partial charge in [0.1, 0.15) is 5.65 Å². The number of hydrogen-bond donors (Lipinski definition) is 0. The lowest BCUT2D eigenvalue weighted by molar-refractivity contribution is 0.0192. The Morgan fingerprint density at radius 1 is 1.36 bits per heavy atom. The van der Waals surface area contributed by atoms with E-state index in [1.807, 2.05) is 36.7 Å². The standard InChI is InChI=1S/C11H14N2O/c1-11(2,14-3)9-4-6-13-7-5-12-10(13)8-9/h4-8H,1-3H3. The first-order valence-electron chi connectivity index (χ1n) is 4.62. The third-order valence-electron chi connectivity index (χ3n) is 2.60. The van der Waals surface area contributed by atoms with Crippen LogP contribution in [0.1, 0.15) is 19.4 Å². The fraction of sp³-hybridized carbons (Fsp3) is 0.364. The number of rotatable bonds is 2. The van der Waals surface area contributed by atoms with Gasteiger partial charge in [-0.3, -0.25) is 0 Å². The van der Waals surface area contributed by atoms with Gasteiger partial charge in [-0.25, -0.2) is 4.98 Å². The first-order chi connectivity index (χ1) is 6.63. The Kier molecular flexibility index (Phi) is 2.04. The third kappa shape index (κ3) is 1.40. The van der Waals surface area contributed by atoms with Crippen molar-refractivity contribution in [2.24, 2.45) is 0 Å². The van der Waals surface area contributed by atoms with E-state index in [1.54, 1.807) is 13.3 Å². The molecule has 0 aliphatic heterocycles. The van der Waals surface area contributed by atoms with Gasteiger partial charge in [-0.2, -0.15) is 0 Å². The summed E-state index contributed by atoms with van der Waals surface area (Å²) in [5.74, 6) is 0. The van der Waals surface area contributed by atoms with Gasteiger partial charge in [0.15, 0.2) is 0 Å². The van der Waals surface area contributed by atoms with Crippen LogP contribution in [0.5, 0.6) is 0 Å². The van der Waals surface area contributed by atoms with E-state index in [1.165, 1.54) is 0 Å². The molecule has 2 heterocycles. The number of aromatic nitrogens is 2. The molecule has 74 valence electrons. The van der Waals surface area contributed by atoms with E-state index in [0.29, 0.717) is 0 Å². The fourth-order valence-electron chi connectivity index (χ4n) is 1.40. The van der Waals surface area contributed by atoms with Crippen LogP contribution in [0.25, 0.3) is 5.65 Å².